The van der Waals surface area contributed by atoms with Gasteiger partial charge in [0.05, 0.1) is 7.11 Å². The molecule has 1 aliphatic carbocycles. The second-order valence-corrected chi connectivity index (χ2v) is 7.04. The Hall–Kier alpha value is -1.48. The molecule has 0 amide bonds. The molecule has 3 heteroatoms. The van der Waals surface area contributed by atoms with Crippen molar-refractivity contribution in [3.05, 3.63) is 29.5 Å². The summed E-state index contributed by atoms with van der Waals surface area (Å²) in [7, 11) is 4.03. The van der Waals surface area contributed by atoms with E-state index in [1.807, 2.05) is 0 Å². The van der Waals surface area contributed by atoms with E-state index in [2.05, 4.69) is 35.1 Å². The number of nitrogens with one attached hydrogen (secondary N) is 1. The number of aromatic amines is 1. The van der Waals surface area contributed by atoms with E-state index in [0.29, 0.717) is 6.04 Å². The maximum atomic E-state index is 5.45. The molecule has 0 spiro atoms. The topological polar surface area (TPSA) is 28.3 Å². The van der Waals surface area contributed by atoms with Gasteiger partial charge in [-0.3, -0.25) is 0 Å². The summed E-state index contributed by atoms with van der Waals surface area (Å²) in [6.45, 7) is 1.25. The highest BCUT2D eigenvalue weighted by molar-refractivity contribution is 5.86. The molecule has 2 fully saturated rings. The molecule has 118 valence electrons. The molecule has 4 rings (SSSR count). The SMILES string of the molecule is COc1ccc2[nH]c(C3CCC3)c(C[C@H]3CCCN3C)c2c1. The lowest BCUT2D eigenvalue weighted by atomic mass is 9.80. The van der Waals surface area contributed by atoms with Gasteiger partial charge in [-0.15, -0.1) is 0 Å². The second-order valence-electron chi connectivity index (χ2n) is 7.04. The van der Waals surface area contributed by atoms with Gasteiger partial charge in [-0.2, -0.15) is 0 Å². The highest BCUT2D eigenvalue weighted by Crippen LogP contribution is 2.41. The van der Waals surface area contributed by atoms with Gasteiger partial charge in [-0.05, 0) is 75.4 Å². The Labute approximate surface area is 132 Å². The molecular formula is C19H26N2O. The lowest BCUT2D eigenvalue weighted by Gasteiger charge is -2.27. The maximum Gasteiger partial charge on any atom is 0.119 e. The zero-order valence-electron chi connectivity index (χ0n) is 13.7. The van der Waals surface area contributed by atoms with Crippen molar-refractivity contribution < 1.29 is 4.74 Å². The highest BCUT2D eigenvalue weighted by Gasteiger charge is 2.29. The van der Waals surface area contributed by atoms with Crippen LogP contribution in [-0.4, -0.2) is 36.6 Å². The first-order chi connectivity index (χ1) is 10.8. The van der Waals surface area contributed by atoms with Gasteiger partial charge in [0.1, 0.15) is 5.75 Å². The number of rotatable bonds is 4. The third-order valence-electron chi connectivity index (χ3n) is 5.77. The number of ether oxygens (including phenoxy) is 1. The Balaban J connectivity index is 1.77. The third kappa shape index (κ3) is 2.32. The van der Waals surface area contributed by atoms with Crippen LogP contribution < -0.4 is 4.74 Å². The van der Waals surface area contributed by atoms with Crippen molar-refractivity contribution >= 4 is 10.9 Å². The minimum absolute atomic E-state index is 0.698. The van der Waals surface area contributed by atoms with Gasteiger partial charge < -0.3 is 14.6 Å². The average molecular weight is 298 g/mol. The molecule has 1 saturated heterocycles. The van der Waals surface area contributed by atoms with Gasteiger partial charge in [0.15, 0.2) is 0 Å². The second kappa shape index (κ2) is 5.62. The van der Waals surface area contributed by atoms with E-state index < -0.39 is 0 Å². The largest absolute Gasteiger partial charge is 0.497 e. The molecule has 0 radical (unpaired) electrons. The molecule has 1 atom stereocenters. The fourth-order valence-electron chi connectivity index (χ4n) is 4.11. The molecule has 3 nitrogen and oxygen atoms in total. The van der Waals surface area contributed by atoms with Gasteiger partial charge >= 0.3 is 0 Å². The van der Waals surface area contributed by atoms with E-state index in [0.717, 1.165) is 11.7 Å². The number of nitrogens with zero attached hydrogens (tertiary/aromatic N) is 1. The van der Waals surface area contributed by atoms with Crippen LogP contribution in [0.4, 0.5) is 0 Å². The normalized spacial score (nSPS) is 23.1. The number of likely N-dealkylation sites (tertiary alicyclic amines) is 1. The van der Waals surface area contributed by atoms with Crippen molar-refractivity contribution in [1.29, 1.82) is 0 Å². The number of methoxy groups -OCH3 is 1. The first-order valence-electron chi connectivity index (χ1n) is 8.65. The van der Waals surface area contributed by atoms with Crippen LogP contribution in [0.5, 0.6) is 5.75 Å². The van der Waals surface area contributed by atoms with Crippen LogP contribution in [0, 0.1) is 0 Å². The van der Waals surface area contributed by atoms with E-state index in [9.17, 15) is 0 Å². The minimum atomic E-state index is 0.698. The Morgan fingerprint density at radius 1 is 1.23 bits per heavy atom. The zero-order valence-corrected chi connectivity index (χ0v) is 13.7. The lowest BCUT2D eigenvalue weighted by Crippen LogP contribution is -2.27. The predicted molar refractivity (Wildman–Crippen MR) is 90.8 cm³/mol. The Morgan fingerprint density at radius 2 is 2.09 bits per heavy atom. The third-order valence-corrected chi connectivity index (χ3v) is 5.77. The van der Waals surface area contributed by atoms with Crippen molar-refractivity contribution in [2.24, 2.45) is 0 Å². The summed E-state index contributed by atoms with van der Waals surface area (Å²) in [6, 6.07) is 7.16. The van der Waals surface area contributed by atoms with Crippen LogP contribution in [0.1, 0.15) is 49.3 Å². The number of aromatic nitrogens is 1. The van der Waals surface area contributed by atoms with Gasteiger partial charge in [0.25, 0.3) is 0 Å². The first-order valence-corrected chi connectivity index (χ1v) is 8.65. The summed E-state index contributed by atoms with van der Waals surface area (Å²) in [4.78, 5) is 6.26. The van der Waals surface area contributed by atoms with Crippen molar-refractivity contribution in [1.82, 2.24) is 9.88 Å². The number of fused-ring (bicyclic) bond motifs is 1. The summed E-state index contributed by atoms with van der Waals surface area (Å²) in [5, 5.41) is 1.38. The Bertz CT molecular complexity index is 671. The van der Waals surface area contributed by atoms with Crippen molar-refractivity contribution in [3.63, 3.8) is 0 Å². The van der Waals surface area contributed by atoms with Crippen LogP contribution in [0.2, 0.25) is 0 Å². The standard InChI is InChI=1S/C19H26N2O/c1-21-10-4-7-14(21)11-17-16-12-15(22-2)8-9-18(16)20-19(17)13-5-3-6-13/h8-9,12-14,20H,3-7,10-11H2,1-2H3/t14-/m1/s1. The molecule has 1 aromatic carbocycles. The summed E-state index contributed by atoms with van der Waals surface area (Å²) in [5.74, 6) is 1.72. The fourth-order valence-corrected chi connectivity index (χ4v) is 4.11. The van der Waals surface area contributed by atoms with Gasteiger partial charge in [-0.25, -0.2) is 0 Å². The van der Waals surface area contributed by atoms with Crippen molar-refractivity contribution in [2.45, 2.75) is 50.5 Å². The van der Waals surface area contributed by atoms with Crippen LogP contribution in [0.3, 0.4) is 0 Å². The van der Waals surface area contributed by atoms with E-state index in [4.69, 9.17) is 4.74 Å². The summed E-state index contributed by atoms with van der Waals surface area (Å²) < 4.78 is 5.45. The van der Waals surface area contributed by atoms with E-state index >= 15 is 0 Å². The monoisotopic (exact) mass is 298 g/mol. The van der Waals surface area contributed by atoms with Crippen LogP contribution in [0.15, 0.2) is 18.2 Å². The number of likely N-dealkylation sites (N-methyl/N-ethyl adjacent to an activating group) is 1. The Kier molecular flexibility index (Phi) is 3.61. The summed E-state index contributed by atoms with van der Waals surface area (Å²) in [5.41, 5.74) is 4.34. The Morgan fingerprint density at radius 3 is 2.73 bits per heavy atom. The maximum absolute atomic E-state index is 5.45. The number of benzene rings is 1. The van der Waals surface area contributed by atoms with Crippen LogP contribution in [-0.2, 0) is 6.42 Å². The quantitative estimate of drug-likeness (QED) is 0.921. The number of hydrogen-bond donors (Lipinski definition) is 1. The molecule has 2 heterocycles. The van der Waals surface area contributed by atoms with Crippen molar-refractivity contribution in [3.8, 4) is 5.75 Å². The molecule has 1 saturated carbocycles. The van der Waals surface area contributed by atoms with E-state index in [-0.39, 0.29) is 0 Å². The molecule has 0 unspecified atom stereocenters. The molecule has 1 aromatic heterocycles. The van der Waals surface area contributed by atoms with Crippen molar-refractivity contribution in [2.75, 3.05) is 20.7 Å². The highest BCUT2D eigenvalue weighted by atomic mass is 16.5. The lowest BCUT2D eigenvalue weighted by molar-refractivity contribution is 0.308. The van der Waals surface area contributed by atoms with Gasteiger partial charge in [0, 0.05) is 22.6 Å². The average Bonchev–Trinajstić information content (AvgIpc) is 3.02. The zero-order chi connectivity index (χ0) is 15.1. The van der Waals surface area contributed by atoms with E-state index in [1.165, 1.54) is 61.7 Å². The fraction of sp³-hybridized carbons (Fsp3) is 0.579. The molecule has 1 N–H and O–H groups in total. The smallest absolute Gasteiger partial charge is 0.119 e. The predicted octanol–water partition coefficient (Wildman–Crippen LogP) is 4.08. The number of hydrogen-bond acceptors (Lipinski definition) is 2. The van der Waals surface area contributed by atoms with Gasteiger partial charge in [0.2, 0.25) is 0 Å². The van der Waals surface area contributed by atoms with Crippen LogP contribution in [0.25, 0.3) is 10.9 Å². The summed E-state index contributed by atoms with van der Waals surface area (Å²) >= 11 is 0. The number of H-pyrrole nitrogens is 1. The summed E-state index contributed by atoms with van der Waals surface area (Å²) in [6.07, 6.45) is 7.92. The first kappa shape index (κ1) is 14.1. The molecule has 0 bridgehead atoms. The molecular weight excluding hydrogens is 272 g/mol. The van der Waals surface area contributed by atoms with Crippen LogP contribution >= 0.6 is 0 Å². The molecule has 2 aromatic rings. The van der Waals surface area contributed by atoms with Gasteiger partial charge in [-0.1, -0.05) is 6.42 Å². The molecule has 2 aliphatic rings. The molecule has 22 heavy (non-hydrogen) atoms. The molecule has 1 aliphatic heterocycles. The van der Waals surface area contributed by atoms with E-state index in [1.54, 1.807) is 12.7 Å². The minimum Gasteiger partial charge on any atom is -0.497 e.